The van der Waals surface area contributed by atoms with Crippen LogP contribution in [0, 0.1) is 5.92 Å². The first kappa shape index (κ1) is 8.74. The molecule has 0 amide bonds. The highest BCUT2D eigenvalue weighted by atomic mass is 35.5. The van der Waals surface area contributed by atoms with E-state index in [1.54, 1.807) is 0 Å². The number of hydrogen-bond donors (Lipinski definition) is 1. The summed E-state index contributed by atoms with van der Waals surface area (Å²) in [5, 5.41) is 3.57. The van der Waals surface area contributed by atoms with E-state index in [1.165, 1.54) is 0 Å². The summed E-state index contributed by atoms with van der Waals surface area (Å²) in [6.45, 7) is 5.13. The van der Waals surface area contributed by atoms with Crippen molar-refractivity contribution >= 4 is 29.1 Å². The van der Waals surface area contributed by atoms with E-state index in [-0.39, 0.29) is 0 Å². The third kappa shape index (κ3) is 2.63. The maximum atomic E-state index is 5.70. The minimum atomic E-state index is 0.468. The van der Waals surface area contributed by atoms with Gasteiger partial charge in [0.1, 0.15) is 0 Å². The average Bonchev–Trinajstić information content (AvgIpc) is 2.31. The molecule has 0 unspecified atom stereocenters. The fourth-order valence-corrected chi connectivity index (χ4v) is 1.27. The monoisotopic (exact) mass is 191 g/mol. The predicted molar refractivity (Wildman–Crippen MR) is 48.2 cm³/mol. The van der Waals surface area contributed by atoms with Crippen molar-refractivity contribution in [1.29, 1.82) is 0 Å². The van der Waals surface area contributed by atoms with E-state index in [9.17, 15) is 0 Å². The molecule has 0 saturated carbocycles. The second kappa shape index (κ2) is 3.88. The van der Waals surface area contributed by atoms with Crippen LogP contribution >= 0.6 is 23.3 Å². The number of hydrogen-bond acceptors (Lipinski definition) is 4. The Morgan fingerprint density at radius 1 is 1.55 bits per heavy atom. The molecule has 0 radical (unpaired) electrons. The van der Waals surface area contributed by atoms with Crippen LogP contribution in [-0.2, 0) is 0 Å². The molecular weight excluding hydrogens is 182 g/mol. The zero-order chi connectivity index (χ0) is 8.27. The lowest BCUT2D eigenvalue weighted by Crippen LogP contribution is -2.08. The Morgan fingerprint density at radius 3 is 2.73 bits per heavy atom. The Kier molecular flexibility index (Phi) is 3.08. The molecule has 1 N–H and O–H groups in total. The molecule has 0 spiro atoms. The smallest absolute Gasteiger partial charge is 0.186 e. The van der Waals surface area contributed by atoms with E-state index in [4.69, 9.17) is 11.6 Å². The standard InChI is InChI=1S/C6H10ClN3S/c1-4(2)3-8-6-5(7)9-11-10-6/h4H,3H2,1-2H3,(H,8,10). The average molecular weight is 192 g/mol. The number of nitrogens with zero attached hydrogens (tertiary/aromatic N) is 2. The molecule has 3 nitrogen and oxygen atoms in total. The number of nitrogens with one attached hydrogen (secondary N) is 1. The van der Waals surface area contributed by atoms with Gasteiger partial charge < -0.3 is 5.32 Å². The van der Waals surface area contributed by atoms with Gasteiger partial charge in [-0.2, -0.15) is 8.75 Å². The van der Waals surface area contributed by atoms with Crippen molar-refractivity contribution in [2.75, 3.05) is 11.9 Å². The minimum Gasteiger partial charge on any atom is -0.366 e. The highest BCUT2D eigenvalue weighted by molar-refractivity contribution is 6.99. The van der Waals surface area contributed by atoms with E-state index in [0.717, 1.165) is 18.3 Å². The molecule has 0 bridgehead atoms. The predicted octanol–water partition coefficient (Wildman–Crippen LogP) is 2.26. The molecule has 0 fully saturated rings. The summed E-state index contributed by atoms with van der Waals surface area (Å²) in [6, 6.07) is 0. The normalized spacial score (nSPS) is 10.5. The second-order valence-corrected chi connectivity index (χ2v) is 3.56. The Morgan fingerprint density at radius 2 is 2.27 bits per heavy atom. The molecule has 0 aliphatic heterocycles. The van der Waals surface area contributed by atoms with E-state index in [0.29, 0.717) is 16.9 Å². The third-order valence-electron chi connectivity index (χ3n) is 1.13. The van der Waals surface area contributed by atoms with Crippen molar-refractivity contribution in [3.05, 3.63) is 5.15 Å². The fraction of sp³-hybridized carbons (Fsp3) is 0.667. The molecular formula is C6H10ClN3S. The van der Waals surface area contributed by atoms with Crippen LogP contribution in [0.2, 0.25) is 5.15 Å². The highest BCUT2D eigenvalue weighted by Crippen LogP contribution is 2.17. The Hall–Kier alpha value is -0.350. The summed E-state index contributed by atoms with van der Waals surface area (Å²) in [5.41, 5.74) is 0. The van der Waals surface area contributed by atoms with E-state index in [1.807, 2.05) is 0 Å². The van der Waals surface area contributed by atoms with Gasteiger partial charge in [-0.1, -0.05) is 25.4 Å². The van der Waals surface area contributed by atoms with Gasteiger partial charge in [0.15, 0.2) is 11.0 Å². The summed E-state index contributed by atoms with van der Waals surface area (Å²) < 4.78 is 7.80. The molecule has 62 valence electrons. The van der Waals surface area contributed by atoms with Crippen molar-refractivity contribution < 1.29 is 0 Å². The Labute approximate surface area is 75.1 Å². The Bertz CT molecular complexity index is 223. The molecule has 5 heteroatoms. The van der Waals surface area contributed by atoms with Crippen LogP contribution < -0.4 is 5.32 Å². The molecule has 1 aromatic rings. The SMILES string of the molecule is CC(C)CNc1nsnc1Cl. The van der Waals surface area contributed by atoms with Crippen molar-refractivity contribution in [1.82, 2.24) is 8.75 Å². The molecule has 1 aromatic heterocycles. The van der Waals surface area contributed by atoms with Crippen LogP contribution in [0.1, 0.15) is 13.8 Å². The molecule has 0 aromatic carbocycles. The summed E-state index contributed by atoms with van der Waals surface area (Å²) in [6.07, 6.45) is 0. The molecule has 0 aliphatic carbocycles. The summed E-state index contributed by atoms with van der Waals surface area (Å²) in [5.74, 6) is 1.29. The summed E-state index contributed by atoms with van der Waals surface area (Å²) >= 11 is 6.82. The second-order valence-electron chi connectivity index (χ2n) is 2.68. The molecule has 0 saturated heterocycles. The van der Waals surface area contributed by atoms with Crippen LogP contribution in [0.3, 0.4) is 0 Å². The number of aromatic nitrogens is 2. The van der Waals surface area contributed by atoms with Crippen molar-refractivity contribution in [2.45, 2.75) is 13.8 Å². The van der Waals surface area contributed by atoms with Crippen LogP contribution in [0.25, 0.3) is 0 Å². The number of halogens is 1. The minimum absolute atomic E-state index is 0.468. The maximum Gasteiger partial charge on any atom is 0.186 e. The highest BCUT2D eigenvalue weighted by Gasteiger charge is 2.03. The van der Waals surface area contributed by atoms with Crippen molar-refractivity contribution in [3.63, 3.8) is 0 Å². The molecule has 0 aliphatic rings. The van der Waals surface area contributed by atoms with E-state index < -0.39 is 0 Å². The van der Waals surface area contributed by atoms with Gasteiger partial charge in [0, 0.05) is 6.54 Å². The third-order valence-corrected chi connectivity index (χ3v) is 2.02. The van der Waals surface area contributed by atoms with Gasteiger partial charge in [-0.05, 0) is 5.92 Å². The van der Waals surface area contributed by atoms with Crippen LogP contribution in [-0.4, -0.2) is 15.3 Å². The molecule has 11 heavy (non-hydrogen) atoms. The van der Waals surface area contributed by atoms with Gasteiger partial charge in [0.2, 0.25) is 0 Å². The van der Waals surface area contributed by atoms with Gasteiger partial charge >= 0.3 is 0 Å². The van der Waals surface area contributed by atoms with Gasteiger partial charge in [0.25, 0.3) is 0 Å². The van der Waals surface area contributed by atoms with E-state index in [2.05, 4.69) is 27.9 Å². The largest absolute Gasteiger partial charge is 0.366 e. The summed E-state index contributed by atoms with van der Waals surface area (Å²) in [4.78, 5) is 0. The van der Waals surface area contributed by atoms with Crippen LogP contribution in [0.5, 0.6) is 0 Å². The van der Waals surface area contributed by atoms with Crippen molar-refractivity contribution in [3.8, 4) is 0 Å². The fourth-order valence-electron chi connectivity index (χ4n) is 0.584. The van der Waals surface area contributed by atoms with Crippen LogP contribution in [0.15, 0.2) is 0 Å². The zero-order valence-corrected chi connectivity index (χ0v) is 8.04. The first-order valence-corrected chi connectivity index (χ1v) is 4.53. The number of rotatable bonds is 3. The lowest BCUT2D eigenvalue weighted by atomic mass is 10.2. The lowest BCUT2D eigenvalue weighted by molar-refractivity contribution is 0.687. The van der Waals surface area contributed by atoms with Gasteiger partial charge in [-0.3, -0.25) is 0 Å². The molecule has 1 heterocycles. The topological polar surface area (TPSA) is 37.8 Å². The summed E-state index contributed by atoms with van der Waals surface area (Å²) in [7, 11) is 0. The van der Waals surface area contributed by atoms with E-state index >= 15 is 0 Å². The first-order chi connectivity index (χ1) is 5.20. The van der Waals surface area contributed by atoms with Gasteiger partial charge in [0.05, 0.1) is 11.7 Å². The van der Waals surface area contributed by atoms with Crippen LogP contribution in [0.4, 0.5) is 5.82 Å². The van der Waals surface area contributed by atoms with Crippen molar-refractivity contribution in [2.24, 2.45) is 5.92 Å². The molecule has 1 rings (SSSR count). The number of anilines is 1. The quantitative estimate of drug-likeness (QED) is 0.797. The molecule has 0 atom stereocenters. The van der Waals surface area contributed by atoms with Gasteiger partial charge in [-0.15, -0.1) is 0 Å². The maximum absolute atomic E-state index is 5.70. The first-order valence-electron chi connectivity index (χ1n) is 3.42. The zero-order valence-electron chi connectivity index (χ0n) is 6.47. The lowest BCUT2D eigenvalue weighted by Gasteiger charge is -2.04. The Balaban J connectivity index is 2.44. The van der Waals surface area contributed by atoms with Gasteiger partial charge in [-0.25, -0.2) is 0 Å².